The fraction of sp³-hybridized carbons (Fsp3) is 0.667. The second-order valence-electron chi connectivity index (χ2n) is 4.17. The van der Waals surface area contributed by atoms with Crippen molar-refractivity contribution in [3.8, 4) is 0 Å². The Hall–Kier alpha value is -1.36. The van der Waals surface area contributed by atoms with Crippen molar-refractivity contribution < 1.29 is 9.53 Å². The van der Waals surface area contributed by atoms with Crippen LogP contribution in [0, 0.1) is 0 Å². The predicted molar refractivity (Wildman–Crippen MR) is 65.4 cm³/mol. The summed E-state index contributed by atoms with van der Waals surface area (Å²) in [5.41, 5.74) is 1.19. The highest BCUT2D eigenvalue weighted by molar-refractivity contribution is 5.69. The fourth-order valence-corrected chi connectivity index (χ4v) is 1.67. The third-order valence-electron chi connectivity index (χ3n) is 2.44. The van der Waals surface area contributed by atoms with Crippen LogP contribution >= 0.6 is 0 Å². The van der Waals surface area contributed by atoms with Gasteiger partial charge in [0.25, 0.3) is 0 Å². The summed E-state index contributed by atoms with van der Waals surface area (Å²) in [6.45, 7) is 4.03. The van der Waals surface area contributed by atoms with Gasteiger partial charge in [0.15, 0.2) is 0 Å². The van der Waals surface area contributed by atoms with Gasteiger partial charge in [-0.3, -0.25) is 9.48 Å². The van der Waals surface area contributed by atoms with Gasteiger partial charge in [0.2, 0.25) is 0 Å². The maximum Gasteiger partial charge on any atom is 0.305 e. The number of esters is 1. The molecule has 0 N–H and O–H groups in total. The topological polar surface area (TPSA) is 47.4 Å². The first-order chi connectivity index (χ1) is 8.11. The molecule has 1 aromatic heterocycles. The molecule has 0 unspecified atom stereocenters. The zero-order valence-electron chi connectivity index (χ0n) is 10.8. The molecule has 0 spiro atoms. The normalized spacial score (nSPS) is 10.8. The van der Waals surface area contributed by atoms with Gasteiger partial charge >= 0.3 is 5.97 Å². The van der Waals surface area contributed by atoms with Gasteiger partial charge in [-0.25, -0.2) is 0 Å². The van der Waals surface area contributed by atoms with Crippen molar-refractivity contribution >= 4 is 5.97 Å². The van der Waals surface area contributed by atoms with Crippen LogP contribution in [0.5, 0.6) is 0 Å². The number of carbonyl (C=O) groups is 1. The molecule has 0 saturated carbocycles. The van der Waals surface area contributed by atoms with Crippen molar-refractivity contribution in [2.24, 2.45) is 7.05 Å². The van der Waals surface area contributed by atoms with Gasteiger partial charge in [-0.1, -0.05) is 0 Å². The number of aryl methyl sites for hydroxylation is 1. The van der Waals surface area contributed by atoms with Gasteiger partial charge in [-0.15, -0.1) is 0 Å². The van der Waals surface area contributed by atoms with Gasteiger partial charge in [-0.05, 0) is 26.9 Å². The summed E-state index contributed by atoms with van der Waals surface area (Å²) in [7, 11) is 3.95. The third kappa shape index (κ3) is 5.49. The number of ether oxygens (including phenoxy) is 1. The Bertz CT molecular complexity index is 349. The van der Waals surface area contributed by atoms with Crippen LogP contribution in [-0.2, 0) is 23.1 Å². The van der Waals surface area contributed by atoms with Gasteiger partial charge in [0, 0.05) is 31.8 Å². The molecule has 1 rings (SSSR count). The average Bonchev–Trinajstić information content (AvgIpc) is 2.64. The highest BCUT2D eigenvalue weighted by Crippen LogP contribution is 2.03. The largest absolute Gasteiger partial charge is 0.466 e. The van der Waals surface area contributed by atoms with Crippen molar-refractivity contribution in [1.29, 1.82) is 0 Å². The monoisotopic (exact) mass is 239 g/mol. The molecule has 5 heteroatoms. The van der Waals surface area contributed by atoms with Gasteiger partial charge < -0.3 is 9.64 Å². The summed E-state index contributed by atoms with van der Waals surface area (Å²) in [5, 5.41) is 4.12. The molecule has 17 heavy (non-hydrogen) atoms. The summed E-state index contributed by atoms with van der Waals surface area (Å²) in [6, 6.07) is 0. The van der Waals surface area contributed by atoms with Crippen molar-refractivity contribution in [1.82, 2.24) is 14.7 Å². The van der Waals surface area contributed by atoms with E-state index in [2.05, 4.69) is 10.00 Å². The molecule has 0 bridgehead atoms. The van der Waals surface area contributed by atoms with E-state index in [0.717, 1.165) is 19.5 Å². The molecule has 96 valence electrons. The molecule has 0 fully saturated rings. The van der Waals surface area contributed by atoms with Crippen LogP contribution in [0.3, 0.4) is 0 Å². The standard InChI is InChI=1S/C12H21N3O2/c1-4-17-12(16)6-5-7-14(2)9-11-8-13-15(3)10-11/h8,10H,4-7,9H2,1-3H3. The van der Waals surface area contributed by atoms with E-state index in [1.807, 2.05) is 33.4 Å². The lowest BCUT2D eigenvalue weighted by Gasteiger charge is -2.14. The highest BCUT2D eigenvalue weighted by atomic mass is 16.5. The summed E-state index contributed by atoms with van der Waals surface area (Å²) < 4.78 is 6.67. The van der Waals surface area contributed by atoms with E-state index in [0.29, 0.717) is 13.0 Å². The number of nitrogens with zero attached hydrogens (tertiary/aromatic N) is 3. The minimum Gasteiger partial charge on any atom is -0.466 e. The molecule has 0 aliphatic heterocycles. The summed E-state index contributed by atoms with van der Waals surface area (Å²) in [5.74, 6) is -0.109. The van der Waals surface area contributed by atoms with Crippen molar-refractivity contribution in [2.75, 3.05) is 20.2 Å². The van der Waals surface area contributed by atoms with Crippen LogP contribution in [0.15, 0.2) is 12.4 Å². The molecule has 1 heterocycles. The molecule has 0 radical (unpaired) electrons. The van der Waals surface area contributed by atoms with Crippen LogP contribution in [0.4, 0.5) is 0 Å². The van der Waals surface area contributed by atoms with Crippen LogP contribution in [0.1, 0.15) is 25.3 Å². The minimum absolute atomic E-state index is 0.109. The Balaban J connectivity index is 2.17. The average molecular weight is 239 g/mol. The minimum atomic E-state index is -0.109. The lowest BCUT2D eigenvalue weighted by molar-refractivity contribution is -0.143. The van der Waals surface area contributed by atoms with E-state index in [1.165, 1.54) is 5.56 Å². The molecular formula is C12H21N3O2. The Morgan fingerprint density at radius 3 is 2.94 bits per heavy atom. The third-order valence-corrected chi connectivity index (χ3v) is 2.44. The summed E-state index contributed by atoms with van der Waals surface area (Å²) in [4.78, 5) is 13.3. The molecular weight excluding hydrogens is 218 g/mol. The lowest BCUT2D eigenvalue weighted by Crippen LogP contribution is -2.20. The number of carbonyl (C=O) groups excluding carboxylic acids is 1. The second kappa shape index (κ2) is 7.06. The summed E-state index contributed by atoms with van der Waals surface area (Å²) in [6.07, 6.45) is 5.19. The maximum atomic E-state index is 11.1. The smallest absolute Gasteiger partial charge is 0.305 e. The number of hydrogen-bond acceptors (Lipinski definition) is 4. The first kappa shape index (κ1) is 13.7. The summed E-state index contributed by atoms with van der Waals surface area (Å²) >= 11 is 0. The van der Waals surface area contributed by atoms with Crippen molar-refractivity contribution in [3.05, 3.63) is 18.0 Å². The Morgan fingerprint density at radius 2 is 2.35 bits per heavy atom. The van der Waals surface area contributed by atoms with Gasteiger partial charge in [-0.2, -0.15) is 5.10 Å². The molecule has 5 nitrogen and oxygen atoms in total. The number of rotatable bonds is 7. The molecule has 1 aromatic rings. The first-order valence-corrected chi connectivity index (χ1v) is 5.93. The van der Waals surface area contributed by atoms with E-state index in [-0.39, 0.29) is 5.97 Å². The number of aromatic nitrogens is 2. The molecule has 0 aliphatic carbocycles. The lowest BCUT2D eigenvalue weighted by atomic mass is 10.2. The van der Waals surface area contributed by atoms with E-state index >= 15 is 0 Å². The maximum absolute atomic E-state index is 11.1. The Kier molecular flexibility index (Phi) is 5.69. The molecule has 0 amide bonds. The zero-order chi connectivity index (χ0) is 12.7. The SMILES string of the molecule is CCOC(=O)CCCN(C)Cc1cnn(C)c1. The van der Waals surface area contributed by atoms with Crippen LogP contribution in [0.2, 0.25) is 0 Å². The Morgan fingerprint density at radius 1 is 1.59 bits per heavy atom. The Labute approximate surface area is 102 Å². The zero-order valence-corrected chi connectivity index (χ0v) is 10.8. The molecule has 0 aromatic carbocycles. The molecule has 0 saturated heterocycles. The van der Waals surface area contributed by atoms with E-state index in [1.54, 1.807) is 4.68 Å². The predicted octanol–water partition coefficient (Wildman–Crippen LogP) is 1.20. The van der Waals surface area contributed by atoms with Crippen LogP contribution < -0.4 is 0 Å². The van der Waals surface area contributed by atoms with E-state index in [9.17, 15) is 4.79 Å². The highest BCUT2D eigenvalue weighted by Gasteiger charge is 2.05. The quantitative estimate of drug-likeness (QED) is 0.671. The van der Waals surface area contributed by atoms with Crippen molar-refractivity contribution in [2.45, 2.75) is 26.3 Å². The van der Waals surface area contributed by atoms with Gasteiger partial charge in [0.05, 0.1) is 12.8 Å². The van der Waals surface area contributed by atoms with Crippen molar-refractivity contribution in [3.63, 3.8) is 0 Å². The van der Waals surface area contributed by atoms with E-state index < -0.39 is 0 Å². The molecule has 0 aliphatic rings. The van der Waals surface area contributed by atoms with Crippen LogP contribution in [-0.4, -0.2) is 40.8 Å². The molecule has 0 atom stereocenters. The first-order valence-electron chi connectivity index (χ1n) is 5.93. The van der Waals surface area contributed by atoms with E-state index in [4.69, 9.17) is 4.74 Å². The number of hydrogen-bond donors (Lipinski definition) is 0. The van der Waals surface area contributed by atoms with Crippen LogP contribution in [0.25, 0.3) is 0 Å². The second-order valence-corrected chi connectivity index (χ2v) is 4.17. The van der Waals surface area contributed by atoms with Gasteiger partial charge in [0.1, 0.15) is 0 Å². The fourth-order valence-electron chi connectivity index (χ4n) is 1.67.